The number of ether oxygens (including phenoxy) is 1. The smallest absolute Gasteiger partial charge is 0.326 e. The molecule has 108 valence electrons. The molecule has 1 rings (SSSR count). The van der Waals surface area contributed by atoms with E-state index in [-0.39, 0.29) is 19.3 Å². The van der Waals surface area contributed by atoms with Gasteiger partial charge in [-0.3, -0.25) is 9.59 Å². The molecule has 3 atom stereocenters. The number of amides is 1. The van der Waals surface area contributed by atoms with Crippen LogP contribution in [0.2, 0.25) is 0 Å². The molecule has 0 aliphatic carbocycles. The highest BCUT2D eigenvalue weighted by Crippen LogP contribution is 2.07. The van der Waals surface area contributed by atoms with Crippen molar-refractivity contribution in [2.75, 3.05) is 13.7 Å². The second-order valence-electron chi connectivity index (χ2n) is 4.36. The van der Waals surface area contributed by atoms with Crippen LogP contribution in [0.5, 0.6) is 0 Å². The topological polar surface area (TPSA) is 125 Å². The van der Waals surface area contributed by atoms with E-state index in [0.29, 0.717) is 6.54 Å². The number of hydrogen-bond acceptors (Lipinski definition) is 6. The molecule has 1 saturated heterocycles. The lowest BCUT2D eigenvalue weighted by Crippen LogP contribution is -2.48. The first kappa shape index (κ1) is 15.4. The number of aliphatic hydroxyl groups is 1. The van der Waals surface area contributed by atoms with E-state index in [1.165, 1.54) is 7.11 Å². The summed E-state index contributed by atoms with van der Waals surface area (Å²) in [7, 11) is 1.21. The number of nitrogens with one attached hydrogen (secondary N) is 2. The highest BCUT2D eigenvalue weighted by atomic mass is 16.5. The lowest BCUT2D eigenvalue weighted by molar-refractivity contribution is -0.144. The van der Waals surface area contributed by atoms with Gasteiger partial charge in [0.05, 0.1) is 19.3 Å². The molecule has 1 aliphatic heterocycles. The summed E-state index contributed by atoms with van der Waals surface area (Å²) >= 11 is 0. The fourth-order valence-corrected chi connectivity index (χ4v) is 1.81. The predicted molar refractivity (Wildman–Crippen MR) is 63.2 cm³/mol. The van der Waals surface area contributed by atoms with Crippen molar-refractivity contribution >= 4 is 17.8 Å². The molecule has 0 spiro atoms. The van der Waals surface area contributed by atoms with Crippen LogP contribution < -0.4 is 10.6 Å². The largest absolute Gasteiger partial charge is 0.480 e. The molecule has 0 aromatic carbocycles. The molecule has 0 aromatic heterocycles. The van der Waals surface area contributed by atoms with Crippen molar-refractivity contribution in [2.45, 2.75) is 37.5 Å². The summed E-state index contributed by atoms with van der Waals surface area (Å²) in [6.07, 6.45) is -0.485. The number of esters is 1. The van der Waals surface area contributed by atoms with E-state index in [1.54, 1.807) is 0 Å². The predicted octanol–water partition coefficient (Wildman–Crippen LogP) is -1.77. The first-order valence-corrected chi connectivity index (χ1v) is 5.95. The molecule has 1 heterocycles. The quantitative estimate of drug-likeness (QED) is 0.422. The van der Waals surface area contributed by atoms with Crippen LogP contribution in [0.3, 0.4) is 0 Å². The van der Waals surface area contributed by atoms with E-state index < -0.39 is 36.0 Å². The zero-order valence-corrected chi connectivity index (χ0v) is 10.6. The van der Waals surface area contributed by atoms with Gasteiger partial charge in [0.2, 0.25) is 5.91 Å². The van der Waals surface area contributed by atoms with Crippen LogP contribution in [0, 0.1) is 0 Å². The Hall–Kier alpha value is -1.67. The number of carbonyl (C=O) groups is 3. The van der Waals surface area contributed by atoms with Gasteiger partial charge < -0.3 is 25.6 Å². The van der Waals surface area contributed by atoms with Crippen LogP contribution in [-0.4, -0.2) is 59.9 Å². The van der Waals surface area contributed by atoms with Gasteiger partial charge in [-0.2, -0.15) is 0 Å². The molecule has 8 nitrogen and oxygen atoms in total. The standard InChI is InChI=1S/C11H18N2O6/c1-19-9(15)3-2-7(11(17)18)13-10(16)8-4-6(14)5-12-8/h6-8,12,14H,2-5H2,1H3,(H,13,16)(H,17,18). The summed E-state index contributed by atoms with van der Waals surface area (Å²) in [4.78, 5) is 33.7. The van der Waals surface area contributed by atoms with Crippen LogP contribution in [0.1, 0.15) is 19.3 Å². The molecule has 8 heteroatoms. The van der Waals surface area contributed by atoms with Crippen molar-refractivity contribution < 1.29 is 29.3 Å². The summed E-state index contributed by atoms with van der Waals surface area (Å²) in [5.41, 5.74) is 0. The van der Waals surface area contributed by atoms with Gasteiger partial charge in [0.1, 0.15) is 6.04 Å². The van der Waals surface area contributed by atoms with Gasteiger partial charge in [-0.1, -0.05) is 0 Å². The number of aliphatic carboxylic acids is 1. The van der Waals surface area contributed by atoms with Crippen LogP contribution in [0.25, 0.3) is 0 Å². The maximum absolute atomic E-state index is 11.8. The molecule has 19 heavy (non-hydrogen) atoms. The van der Waals surface area contributed by atoms with E-state index in [2.05, 4.69) is 15.4 Å². The van der Waals surface area contributed by atoms with Gasteiger partial charge in [0.25, 0.3) is 0 Å². The number of β-amino-alcohol motifs (C(OH)–C–C–N with tert-alkyl or cyclic N) is 1. The Kier molecular flexibility index (Phi) is 5.71. The fourth-order valence-electron chi connectivity index (χ4n) is 1.81. The molecule has 0 saturated carbocycles. The normalized spacial score (nSPS) is 23.7. The Morgan fingerprint density at radius 1 is 1.47 bits per heavy atom. The number of carboxylic acid groups (broad SMARTS) is 1. The lowest BCUT2D eigenvalue weighted by Gasteiger charge is -2.17. The van der Waals surface area contributed by atoms with E-state index in [1.807, 2.05) is 0 Å². The first-order chi connectivity index (χ1) is 8.93. The zero-order chi connectivity index (χ0) is 14.4. The first-order valence-electron chi connectivity index (χ1n) is 5.95. The summed E-state index contributed by atoms with van der Waals surface area (Å²) in [5, 5.41) is 23.4. The molecule has 1 fully saturated rings. The van der Waals surface area contributed by atoms with Gasteiger partial charge in [0.15, 0.2) is 0 Å². The Labute approximate surface area is 110 Å². The van der Waals surface area contributed by atoms with Gasteiger partial charge in [-0.05, 0) is 12.8 Å². The molecule has 1 amide bonds. The second-order valence-corrected chi connectivity index (χ2v) is 4.36. The minimum atomic E-state index is -1.21. The number of hydrogen-bond donors (Lipinski definition) is 4. The molecule has 0 aromatic rings. The SMILES string of the molecule is COC(=O)CCC(NC(=O)C1CC(O)CN1)C(=O)O. The zero-order valence-electron chi connectivity index (χ0n) is 10.6. The molecular formula is C11H18N2O6. The van der Waals surface area contributed by atoms with Gasteiger partial charge >= 0.3 is 11.9 Å². The average Bonchev–Trinajstić information content (AvgIpc) is 2.80. The summed E-state index contributed by atoms with van der Waals surface area (Å²) in [6.45, 7) is 0.304. The summed E-state index contributed by atoms with van der Waals surface area (Å²) < 4.78 is 4.41. The number of methoxy groups -OCH3 is 1. The van der Waals surface area contributed by atoms with Crippen LogP contribution in [0.4, 0.5) is 0 Å². The third-order valence-electron chi connectivity index (χ3n) is 2.90. The van der Waals surface area contributed by atoms with Crippen molar-refractivity contribution in [1.29, 1.82) is 0 Å². The van der Waals surface area contributed by atoms with E-state index in [9.17, 15) is 19.5 Å². The average molecular weight is 274 g/mol. The van der Waals surface area contributed by atoms with Crippen molar-refractivity contribution in [3.8, 4) is 0 Å². The number of carboxylic acids is 1. The van der Waals surface area contributed by atoms with Crippen molar-refractivity contribution in [2.24, 2.45) is 0 Å². The second kappa shape index (κ2) is 7.05. The Morgan fingerprint density at radius 2 is 2.16 bits per heavy atom. The van der Waals surface area contributed by atoms with Crippen molar-refractivity contribution in [1.82, 2.24) is 10.6 Å². The number of carbonyl (C=O) groups excluding carboxylic acids is 2. The third kappa shape index (κ3) is 4.84. The molecule has 1 aliphatic rings. The third-order valence-corrected chi connectivity index (χ3v) is 2.90. The van der Waals surface area contributed by atoms with Crippen molar-refractivity contribution in [3.05, 3.63) is 0 Å². The fraction of sp³-hybridized carbons (Fsp3) is 0.727. The molecular weight excluding hydrogens is 256 g/mol. The minimum absolute atomic E-state index is 0.0387. The molecule has 3 unspecified atom stereocenters. The molecule has 0 bridgehead atoms. The maximum atomic E-state index is 11.8. The highest BCUT2D eigenvalue weighted by Gasteiger charge is 2.31. The number of rotatable bonds is 6. The Bertz CT molecular complexity index is 359. The van der Waals surface area contributed by atoms with Crippen LogP contribution in [-0.2, 0) is 19.1 Å². The monoisotopic (exact) mass is 274 g/mol. The summed E-state index contributed by atoms with van der Waals surface area (Å²) in [6, 6.07) is -1.75. The maximum Gasteiger partial charge on any atom is 0.326 e. The minimum Gasteiger partial charge on any atom is -0.480 e. The van der Waals surface area contributed by atoms with E-state index >= 15 is 0 Å². The highest BCUT2D eigenvalue weighted by molar-refractivity contribution is 5.87. The Morgan fingerprint density at radius 3 is 2.63 bits per heavy atom. The van der Waals surface area contributed by atoms with Crippen LogP contribution in [0.15, 0.2) is 0 Å². The molecule has 4 N–H and O–H groups in total. The summed E-state index contributed by atoms with van der Waals surface area (Å²) in [5.74, 6) is -2.24. The Balaban J connectivity index is 2.46. The van der Waals surface area contributed by atoms with Gasteiger partial charge in [-0.25, -0.2) is 4.79 Å². The van der Waals surface area contributed by atoms with E-state index in [0.717, 1.165) is 0 Å². The van der Waals surface area contributed by atoms with Crippen LogP contribution >= 0.6 is 0 Å². The van der Waals surface area contributed by atoms with E-state index in [4.69, 9.17) is 5.11 Å². The van der Waals surface area contributed by atoms with Gasteiger partial charge in [0, 0.05) is 13.0 Å². The lowest BCUT2D eigenvalue weighted by atomic mass is 10.1. The molecule has 0 radical (unpaired) electrons. The van der Waals surface area contributed by atoms with Crippen molar-refractivity contribution in [3.63, 3.8) is 0 Å². The number of aliphatic hydroxyl groups excluding tert-OH is 1. The van der Waals surface area contributed by atoms with Gasteiger partial charge in [-0.15, -0.1) is 0 Å².